The van der Waals surface area contributed by atoms with Crippen molar-refractivity contribution in [2.24, 2.45) is 5.92 Å². The molecule has 8 heteroatoms. The number of likely N-dealkylation sites (tertiary alicyclic amines) is 1. The Balaban J connectivity index is 1.54. The topological polar surface area (TPSA) is 60.0 Å². The van der Waals surface area contributed by atoms with Crippen molar-refractivity contribution in [1.82, 2.24) is 19.7 Å². The number of piperazine rings is 1. The Labute approximate surface area is 146 Å². The Morgan fingerprint density at radius 1 is 1.17 bits per heavy atom. The van der Waals surface area contributed by atoms with Crippen LogP contribution in [0.4, 0.5) is 9.93 Å². The van der Waals surface area contributed by atoms with E-state index in [4.69, 9.17) is 0 Å². The van der Waals surface area contributed by atoms with E-state index >= 15 is 0 Å². The molecular weight excluding hydrogens is 326 g/mol. The van der Waals surface area contributed by atoms with E-state index in [1.54, 1.807) is 35.2 Å². The fourth-order valence-corrected chi connectivity index (χ4v) is 4.08. The average molecular weight is 351 g/mol. The molecular formula is C16H25N5O2S. The van der Waals surface area contributed by atoms with Gasteiger partial charge in [0.05, 0.1) is 5.92 Å². The maximum absolute atomic E-state index is 12.8. The molecule has 0 bridgehead atoms. The van der Waals surface area contributed by atoms with Crippen molar-refractivity contribution in [3.63, 3.8) is 0 Å². The molecule has 0 aliphatic carbocycles. The minimum Gasteiger partial charge on any atom is -0.345 e. The molecule has 24 heavy (non-hydrogen) atoms. The predicted octanol–water partition coefficient (Wildman–Crippen LogP) is 1.19. The molecule has 2 fully saturated rings. The molecule has 1 aromatic rings. The summed E-state index contributed by atoms with van der Waals surface area (Å²) in [7, 11) is 3.51. The Morgan fingerprint density at radius 3 is 2.54 bits per heavy atom. The second kappa shape index (κ2) is 7.38. The number of hydrogen-bond donors (Lipinski definition) is 0. The van der Waals surface area contributed by atoms with E-state index in [0.717, 1.165) is 50.7 Å². The monoisotopic (exact) mass is 351 g/mol. The van der Waals surface area contributed by atoms with Crippen molar-refractivity contribution in [2.45, 2.75) is 12.8 Å². The van der Waals surface area contributed by atoms with E-state index < -0.39 is 0 Å². The maximum Gasteiger partial charge on any atom is 0.319 e. The standard InChI is InChI=1S/C16H25N5O2S/c1-18(2)16(23)21-6-3-4-13(12-21)14(22)19-7-9-20(10-8-19)15-17-5-11-24-15/h5,11,13H,3-4,6-10,12H2,1-2H3/t13-/m1/s1. The van der Waals surface area contributed by atoms with Crippen LogP contribution in [0.5, 0.6) is 0 Å². The van der Waals surface area contributed by atoms with E-state index in [9.17, 15) is 9.59 Å². The molecule has 3 amide bonds. The van der Waals surface area contributed by atoms with Gasteiger partial charge in [0, 0.05) is 64.9 Å². The van der Waals surface area contributed by atoms with Crippen molar-refractivity contribution in [2.75, 3.05) is 58.3 Å². The van der Waals surface area contributed by atoms with Gasteiger partial charge in [-0.25, -0.2) is 9.78 Å². The second-order valence-electron chi connectivity index (χ2n) is 6.59. The summed E-state index contributed by atoms with van der Waals surface area (Å²) in [6, 6.07) is 0.00101. The zero-order chi connectivity index (χ0) is 17.1. The molecule has 0 radical (unpaired) electrons. The lowest BCUT2D eigenvalue weighted by molar-refractivity contribution is -0.137. The van der Waals surface area contributed by atoms with E-state index in [1.807, 2.05) is 16.5 Å². The first-order chi connectivity index (χ1) is 11.6. The first kappa shape index (κ1) is 17.0. The van der Waals surface area contributed by atoms with Crippen LogP contribution in [0.25, 0.3) is 0 Å². The van der Waals surface area contributed by atoms with Crippen LogP contribution in [0.15, 0.2) is 11.6 Å². The number of urea groups is 1. The highest BCUT2D eigenvalue weighted by Crippen LogP contribution is 2.23. The van der Waals surface area contributed by atoms with Crippen LogP contribution in [0.3, 0.4) is 0 Å². The smallest absolute Gasteiger partial charge is 0.319 e. The number of hydrogen-bond acceptors (Lipinski definition) is 5. The Kier molecular flexibility index (Phi) is 5.23. The number of anilines is 1. The summed E-state index contributed by atoms with van der Waals surface area (Å²) < 4.78 is 0. The van der Waals surface area contributed by atoms with Gasteiger partial charge in [0.2, 0.25) is 5.91 Å². The molecule has 2 aliphatic rings. The highest BCUT2D eigenvalue weighted by atomic mass is 32.1. The fraction of sp³-hybridized carbons (Fsp3) is 0.688. The molecule has 0 spiro atoms. The van der Waals surface area contributed by atoms with Gasteiger partial charge in [-0.05, 0) is 12.8 Å². The summed E-state index contributed by atoms with van der Waals surface area (Å²) in [4.78, 5) is 36.9. The summed E-state index contributed by atoms with van der Waals surface area (Å²) in [5.41, 5.74) is 0. The Bertz CT molecular complexity index is 569. The molecule has 1 atom stereocenters. The van der Waals surface area contributed by atoms with Crippen molar-refractivity contribution in [1.29, 1.82) is 0 Å². The van der Waals surface area contributed by atoms with Crippen molar-refractivity contribution in [3.8, 4) is 0 Å². The summed E-state index contributed by atoms with van der Waals surface area (Å²) in [5, 5.41) is 3.01. The number of aromatic nitrogens is 1. The molecule has 132 valence electrons. The van der Waals surface area contributed by atoms with Crippen LogP contribution in [-0.4, -0.2) is 85.0 Å². The van der Waals surface area contributed by atoms with Gasteiger partial charge in [-0.2, -0.15) is 0 Å². The molecule has 3 heterocycles. The molecule has 0 unspecified atom stereocenters. The van der Waals surface area contributed by atoms with Crippen LogP contribution in [0.2, 0.25) is 0 Å². The van der Waals surface area contributed by atoms with Crippen molar-refractivity contribution >= 4 is 28.4 Å². The lowest BCUT2D eigenvalue weighted by Gasteiger charge is -2.39. The largest absolute Gasteiger partial charge is 0.345 e. The highest BCUT2D eigenvalue weighted by molar-refractivity contribution is 7.13. The molecule has 1 aromatic heterocycles. The molecule has 2 saturated heterocycles. The number of rotatable bonds is 2. The van der Waals surface area contributed by atoms with E-state index in [-0.39, 0.29) is 17.9 Å². The summed E-state index contributed by atoms with van der Waals surface area (Å²) >= 11 is 1.64. The van der Waals surface area contributed by atoms with Gasteiger partial charge >= 0.3 is 6.03 Å². The number of piperidine rings is 1. The van der Waals surface area contributed by atoms with Crippen LogP contribution in [0, 0.1) is 5.92 Å². The number of carbonyl (C=O) groups excluding carboxylic acids is 2. The van der Waals surface area contributed by atoms with Crippen LogP contribution in [-0.2, 0) is 4.79 Å². The third-order valence-electron chi connectivity index (χ3n) is 4.70. The molecule has 3 rings (SSSR count). The SMILES string of the molecule is CN(C)C(=O)N1CCC[C@@H](C(=O)N2CCN(c3nccs3)CC2)C1. The predicted molar refractivity (Wildman–Crippen MR) is 94.3 cm³/mol. The molecule has 7 nitrogen and oxygen atoms in total. The molecule has 0 aromatic carbocycles. The van der Waals surface area contributed by atoms with Gasteiger partial charge < -0.3 is 19.6 Å². The molecule has 0 saturated carbocycles. The van der Waals surface area contributed by atoms with Crippen molar-refractivity contribution in [3.05, 3.63) is 11.6 Å². The zero-order valence-electron chi connectivity index (χ0n) is 14.3. The van der Waals surface area contributed by atoms with Gasteiger partial charge in [0.1, 0.15) is 0 Å². The summed E-state index contributed by atoms with van der Waals surface area (Å²) in [6.45, 7) is 4.41. The minimum absolute atomic E-state index is 0.00101. The number of amides is 3. The van der Waals surface area contributed by atoms with Gasteiger partial charge in [0.15, 0.2) is 5.13 Å². The van der Waals surface area contributed by atoms with Gasteiger partial charge in [0.25, 0.3) is 0 Å². The molecule has 2 aliphatic heterocycles. The number of carbonyl (C=O) groups is 2. The van der Waals surface area contributed by atoms with E-state index in [2.05, 4.69) is 9.88 Å². The van der Waals surface area contributed by atoms with Crippen LogP contribution < -0.4 is 4.90 Å². The van der Waals surface area contributed by atoms with E-state index in [0.29, 0.717) is 6.54 Å². The summed E-state index contributed by atoms with van der Waals surface area (Å²) in [5.74, 6) is 0.138. The zero-order valence-corrected chi connectivity index (χ0v) is 15.2. The lowest BCUT2D eigenvalue weighted by atomic mass is 9.96. The van der Waals surface area contributed by atoms with Gasteiger partial charge in [-0.1, -0.05) is 0 Å². The average Bonchev–Trinajstić information content (AvgIpc) is 3.15. The maximum atomic E-state index is 12.8. The van der Waals surface area contributed by atoms with Gasteiger partial charge in [-0.15, -0.1) is 11.3 Å². The first-order valence-corrected chi connectivity index (χ1v) is 9.33. The van der Waals surface area contributed by atoms with Crippen molar-refractivity contribution < 1.29 is 9.59 Å². The van der Waals surface area contributed by atoms with E-state index in [1.165, 1.54) is 0 Å². The minimum atomic E-state index is -0.0611. The normalized spacial score (nSPS) is 21.8. The quantitative estimate of drug-likeness (QED) is 0.803. The second-order valence-corrected chi connectivity index (χ2v) is 7.46. The number of thiazole rings is 1. The summed E-state index contributed by atoms with van der Waals surface area (Å²) in [6.07, 6.45) is 3.59. The number of nitrogens with zero attached hydrogens (tertiary/aromatic N) is 5. The fourth-order valence-electron chi connectivity index (χ4n) is 3.38. The van der Waals surface area contributed by atoms with Crippen LogP contribution >= 0.6 is 11.3 Å². The Hall–Kier alpha value is -1.83. The third-order valence-corrected chi connectivity index (χ3v) is 5.54. The lowest BCUT2D eigenvalue weighted by Crippen LogP contribution is -2.53. The van der Waals surface area contributed by atoms with Gasteiger partial charge in [-0.3, -0.25) is 4.79 Å². The first-order valence-electron chi connectivity index (χ1n) is 8.45. The van der Waals surface area contributed by atoms with Crippen LogP contribution in [0.1, 0.15) is 12.8 Å². The highest BCUT2D eigenvalue weighted by Gasteiger charge is 2.33. The Morgan fingerprint density at radius 2 is 1.92 bits per heavy atom. The third kappa shape index (κ3) is 3.63. The molecule has 0 N–H and O–H groups in total.